The number of halogens is 1. The van der Waals surface area contributed by atoms with Gasteiger partial charge in [-0.25, -0.2) is 4.68 Å². The second kappa shape index (κ2) is 9.47. The van der Waals surface area contributed by atoms with Crippen molar-refractivity contribution in [3.8, 4) is 5.69 Å². The number of aromatic nitrogens is 3. The van der Waals surface area contributed by atoms with Gasteiger partial charge in [0.15, 0.2) is 0 Å². The molecule has 0 fully saturated rings. The summed E-state index contributed by atoms with van der Waals surface area (Å²) in [6.45, 7) is 4.60. The maximum Gasteiger partial charge on any atom is 0.251 e. The summed E-state index contributed by atoms with van der Waals surface area (Å²) in [6, 6.07) is 10.9. The van der Waals surface area contributed by atoms with Crippen LogP contribution < -0.4 is 10.6 Å². The van der Waals surface area contributed by atoms with Gasteiger partial charge in [0.1, 0.15) is 0 Å². The molecule has 0 atom stereocenters. The van der Waals surface area contributed by atoms with Crippen LogP contribution in [-0.4, -0.2) is 33.1 Å². The maximum absolute atomic E-state index is 12.3. The Kier molecular flexibility index (Phi) is 6.77. The number of rotatable bonds is 7. The van der Waals surface area contributed by atoms with Crippen LogP contribution in [0.15, 0.2) is 53.3 Å². The highest BCUT2D eigenvalue weighted by Crippen LogP contribution is 2.23. The molecule has 0 saturated carbocycles. The van der Waals surface area contributed by atoms with Crippen LogP contribution in [0.1, 0.15) is 33.7 Å². The molecule has 150 valence electrons. The van der Waals surface area contributed by atoms with Gasteiger partial charge in [0.25, 0.3) is 5.91 Å². The molecule has 2 N–H and O–H groups in total. The normalized spacial score (nSPS) is 10.6. The summed E-state index contributed by atoms with van der Waals surface area (Å²) in [4.78, 5) is 28.2. The largest absolute Gasteiger partial charge is 0.352 e. The molecule has 0 aliphatic rings. The van der Waals surface area contributed by atoms with Crippen molar-refractivity contribution in [3.05, 3.63) is 75.8 Å². The van der Waals surface area contributed by atoms with Crippen molar-refractivity contribution in [1.29, 1.82) is 0 Å². The van der Waals surface area contributed by atoms with Crippen molar-refractivity contribution in [1.82, 2.24) is 25.4 Å². The van der Waals surface area contributed by atoms with Crippen LogP contribution in [0.2, 0.25) is 0 Å². The van der Waals surface area contributed by atoms with E-state index in [0.717, 1.165) is 27.1 Å². The minimum atomic E-state index is -0.217. The molecule has 1 aromatic carbocycles. The molecular weight excluding hydrogens is 434 g/mol. The van der Waals surface area contributed by atoms with Crippen molar-refractivity contribution in [2.24, 2.45) is 0 Å². The monoisotopic (exact) mass is 455 g/mol. The van der Waals surface area contributed by atoms with Crippen LogP contribution >= 0.6 is 15.9 Å². The molecule has 2 aromatic heterocycles. The Labute approximate surface area is 177 Å². The Morgan fingerprint density at radius 3 is 2.48 bits per heavy atom. The molecule has 0 spiro atoms. The van der Waals surface area contributed by atoms with Gasteiger partial charge in [0, 0.05) is 37.5 Å². The van der Waals surface area contributed by atoms with E-state index in [1.807, 2.05) is 42.8 Å². The van der Waals surface area contributed by atoms with Crippen LogP contribution in [0.25, 0.3) is 5.69 Å². The lowest BCUT2D eigenvalue weighted by molar-refractivity contribution is -0.121. The van der Waals surface area contributed by atoms with E-state index >= 15 is 0 Å². The highest BCUT2D eigenvalue weighted by molar-refractivity contribution is 9.10. The average Bonchev–Trinajstić information content (AvgIpc) is 3.00. The van der Waals surface area contributed by atoms with Gasteiger partial charge in [-0.15, -0.1) is 0 Å². The number of hydrogen-bond donors (Lipinski definition) is 2. The number of carbonyl (C=O) groups is 2. The van der Waals surface area contributed by atoms with Crippen LogP contribution in [0.4, 0.5) is 0 Å². The molecule has 29 heavy (non-hydrogen) atoms. The summed E-state index contributed by atoms with van der Waals surface area (Å²) in [6.07, 6.45) is 3.60. The second-order valence-electron chi connectivity index (χ2n) is 6.59. The van der Waals surface area contributed by atoms with E-state index < -0.39 is 0 Å². The summed E-state index contributed by atoms with van der Waals surface area (Å²) in [5.41, 5.74) is 4.25. The van der Waals surface area contributed by atoms with Gasteiger partial charge >= 0.3 is 0 Å². The van der Waals surface area contributed by atoms with Crippen LogP contribution in [0.5, 0.6) is 0 Å². The molecule has 7 nitrogen and oxygen atoms in total. The maximum atomic E-state index is 12.3. The third-order valence-electron chi connectivity index (χ3n) is 4.43. The van der Waals surface area contributed by atoms with Crippen molar-refractivity contribution >= 4 is 27.7 Å². The molecule has 8 heteroatoms. The molecular formula is C21H22BrN5O2. The number of nitrogens with one attached hydrogen (secondary N) is 2. The van der Waals surface area contributed by atoms with E-state index in [-0.39, 0.29) is 24.8 Å². The number of amides is 2. The summed E-state index contributed by atoms with van der Waals surface area (Å²) >= 11 is 3.52. The standard InChI is InChI=1S/C21H22BrN5O2/c1-14-20(22)15(2)27(26-14)18-7-5-17(6-8-18)21(29)24-11-9-19(28)25-13-16-4-3-10-23-12-16/h3-8,10,12H,9,11,13H2,1-2H3,(H,24,29)(H,25,28). The zero-order chi connectivity index (χ0) is 20.8. The van der Waals surface area contributed by atoms with E-state index in [2.05, 4.69) is 36.6 Å². The molecule has 0 aliphatic heterocycles. The molecule has 3 rings (SSSR count). The van der Waals surface area contributed by atoms with Crippen molar-refractivity contribution in [3.63, 3.8) is 0 Å². The zero-order valence-electron chi connectivity index (χ0n) is 16.3. The van der Waals surface area contributed by atoms with Gasteiger partial charge in [0.05, 0.1) is 21.5 Å². The lowest BCUT2D eigenvalue weighted by Gasteiger charge is -2.08. The van der Waals surface area contributed by atoms with Gasteiger partial charge < -0.3 is 10.6 Å². The fourth-order valence-corrected chi connectivity index (χ4v) is 3.06. The first-order valence-corrected chi connectivity index (χ1v) is 10.0. The van der Waals surface area contributed by atoms with Gasteiger partial charge in [-0.1, -0.05) is 6.07 Å². The first kappa shape index (κ1) is 20.7. The topological polar surface area (TPSA) is 88.9 Å². The Balaban J connectivity index is 1.48. The minimum absolute atomic E-state index is 0.125. The average molecular weight is 456 g/mol. The Morgan fingerprint density at radius 2 is 1.86 bits per heavy atom. The SMILES string of the molecule is Cc1nn(-c2ccc(C(=O)NCCC(=O)NCc3cccnc3)cc2)c(C)c1Br. The molecule has 0 radical (unpaired) electrons. The number of nitrogens with zero attached hydrogens (tertiary/aromatic N) is 3. The Morgan fingerprint density at radius 1 is 1.10 bits per heavy atom. The van der Waals surface area contributed by atoms with Crippen LogP contribution in [0.3, 0.4) is 0 Å². The molecule has 0 aliphatic carbocycles. The summed E-state index contributed by atoms with van der Waals surface area (Å²) in [5, 5.41) is 10.1. The van der Waals surface area contributed by atoms with Crippen LogP contribution in [0, 0.1) is 13.8 Å². The predicted molar refractivity (Wildman–Crippen MR) is 114 cm³/mol. The summed E-state index contributed by atoms with van der Waals surface area (Å²) in [7, 11) is 0. The van der Waals surface area contributed by atoms with Gasteiger partial charge in [0.2, 0.25) is 5.91 Å². The first-order chi connectivity index (χ1) is 14.0. The molecule has 2 heterocycles. The third-order valence-corrected chi connectivity index (χ3v) is 5.57. The summed E-state index contributed by atoms with van der Waals surface area (Å²) in [5.74, 6) is -0.342. The second-order valence-corrected chi connectivity index (χ2v) is 7.38. The highest BCUT2D eigenvalue weighted by Gasteiger charge is 2.11. The fraction of sp³-hybridized carbons (Fsp3) is 0.238. The summed E-state index contributed by atoms with van der Waals surface area (Å²) < 4.78 is 2.80. The highest BCUT2D eigenvalue weighted by atomic mass is 79.9. The van der Waals surface area contributed by atoms with Gasteiger partial charge in [-0.3, -0.25) is 14.6 Å². The van der Waals surface area contributed by atoms with Gasteiger partial charge in [-0.2, -0.15) is 5.10 Å². The van der Waals surface area contributed by atoms with E-state index in [1.165, 1.54) is 0 Å². The van der Waals surface area contributed by atoms with E-state index in [0.29, 0.717) is 12.1 Å². The van der Waals surface area contributed by atoms with E-state index in [4.69, 9.17) is 0 Å². The Hall–Kier alpha value is -3.00. The minimum Gasteiger partial charge on any atom is -0.352 e. The van der Waals surface area contributed by atoms with Crippen molar-refractivity contribution in [2.45, 2.75) is 26.8 Å². The first-order valence-electron chi connectivity index (χ1n) is 9.21. The van der Waals surface area contributed by atoms with E-state index in [1.54, 1.807) is 24.5 Å². The molecule has 0 unspecified atom stereocenters. The number of hydrogen-bond acceptors (Lipinski definition) is 4. The third kappa shape index (κ3) is 5.29. The number of carbonyl (C=O) groups excluding carboxylic acids is 2. The van der Waals surface area contributed by atoms with Crippen molar-refractivity contribution in [2.75, 3.05) is 6.54 Å². The number of aryl methyl sites for hydroxylation is 1. The lowest BCUT2D eigenvalue weighted by Crippen LogP contribution is -2.30. The number of pyridine rings is 1. The predicted octanol–water partition coefficient (Wildman–Crippen LogP) is 3.08. The molecule has 0 bridgehead atoms. The fourth-order valence-electron chi connectivity index (χ4n) is 2.81. The molecule has 2 amide bonds. The quantitative estimate of drug-likeness (QED) is 0.572. The zero-order valence-corrected chi connectivity index (χ0v) is 17.9. The number of benzene rings is 1. The van der Waals surface area contributed by atoms with E-state index in [9.17, 15) is 9.59 Å². The van der Waals surface area contributed by atoms with Crippen molar-refractivity contribution < 1.29 is 9.59 Å². The Bertz CT molecular complexity index is 1000. The smallest absolute Gasteiger partial charge is 0.251 e. The molecule has 0 saturated heterocycles. The van der Waals surface area contributed by atoms with Crippen LogP contribution in [-0.2, 0) is 11.3 Å². The molecule has 3 aromatic rings. The van der Waals surface area contributed by atoms with Gasteiger partial charge in [-0.05, 0) is 65.7 Å². The lowest BCUT2D eigenvalue weighted by atomic mass is 10.2.